The van der Waals surface area contributed by atoms with Gasteiger partial charge in [-0.2, -0.15) is 0 Å². The molecule has 32 heavy (non-hydrogen) atoms. The zero-order chi connectivity index (χ0) is 23.0. The zero-order valence-corrected chi connectivity index (χ0v) is 19.1. The maximum absolute atomic E-state index is 13.6. The molecule has 0 fully saturated rings. The summed E-state index contributed by atoms with van der Waals surface area (Å²) in [6, 6.07) is 11.1. The lowest BCUT2D eigenvalue weighted by atomic mass is 9.87. The highest BCUT2D eigenvalue weighted by atomic mass is 32.2. The quantitative estimate of drug-likeness (QED) is 0.648. The Balaban J connectivity index is 1.95. The lowest BCUT2D eigenvalue weighted by molar-refractivity contribution is -0.110. The van der Waals surface area contributed by atoms with Crippen molar-refractivity contribution >= 4 is 27.4 Å². The summed E-state index contributed by atoms with van der Waals surface area (Å²) in [5.41, 5.74) is 5.68. The van der Waals surface area contributed by atoms with Crippen molar-refractivity contribution < 1.29 is 17.6 Å². The third-order valence-electron chi connectivity index (χ3n) is 5.95. The fourth-order valence-corrected chi connectivity index (χ4v) is 5.01. The van der Waals surface area contributed by atoms with Crippen LogP contribution in [0.15, 0.2) is 65.3 Å². The van der Waals surface area contributed by atoms with Crippen LogP contribution in [0.2, 0.25) is 0 Å². The van der Waals surface area contributed by atoms with Crippen LogP contribution >= 0.6 is 0 Å². The van der Waals surface area contributed by atoms with Crippen molar-refractivity contribution in [1.29, 1.82) is 0 Å². The first-order valence-corrected chi connectivity index (χ1v) is 12.3. The van der Waals surface area contributed by atoms with E-state index in [9.17, 15) is 17.6 Å². The maximum atomic E-state index is 13.6. The van der Waals surface area contributed by atoms with E-state index in [0.717, 1.165) is 34.1 Å². The molecule has 0 saturated heterocycles. The van der Waals surface area contributed by atoms with E-state index in [4.69, 9.17) is 4.99 Å². The average Bonchev–Trinajstić information content (AvgIpc) is 2.88. The molecular weight excluding hydrogens is 427 g/mol. The van der Waals surface area contributed by atoms with Gasteiger partial charge in [0.05, 0.1) is 17.5 Å². The van der Waals surface area contributed by atoms with E-state index in [1.165, 1.54) is 12.1 Å². The Hall–Kier alpha value is -3.06. The molecule has 2 aromatic carbocycles. The molecule has 5 nitrogen and oxygen atoms in total. The molecular formula is C25H25FN2O3S. The number of aldehydes is 1. The van der Waals surface area contributed by atoms with E-state index >= 15 is 0 Å². The summed E-state index contributed by atoms with van der Waals surface area (Å²) in [4.78, 5) is 18.4. The fourth-order valence-electron chi connectivity index (χ4n) is 4.12. The molecule has 4 rings (SSSR count). The topological polar surface area (TPSA) is 66.8 Å². The predicted octanol–water partition coefficient (Wildman–Crippen LogP) is 3.78. The van der Waals surface area contributed by atoms with Crippen molar-refractivity contribution in [2.45, 2.75) is 31.7 Å². The average molecular weight is 453 g/mol. The molecule has 0 saturated carbocycles. The number of sulfone groups is 1. The smallest absolute Gasteiger partial charge is 0.154 e. The maximum Gasteiger partial charge on any atom is 0.154 e. The number of aliphatic imine (C=N–C) groups is 1. The van der Waals surface area contributed by atoms with Crippen LogP contribution < -0.4 is 0 Å². The molecule has 0 spiro atoms. The van der Waals surface area contributed by atoms with Crippen LogP contribution in [-0.2, 0) is 20.4 Å². The van der Waals surface area contributed by atoms with Gasteiger partial charge >= 0.3 is 0 Å². The number of benzene rings is 2. The number of carbonyl (C=O) groups is 1. The summed E-state index contributed by atoms with van der Waals surface area (Å²) < 4.78 is 38.1. The Labute approximate surface area is 187 Å². The van der Waals surface area contributed by atoms with Gasteiger partial charge in [0.25, 0.3) is 0 Å². The van der Waals surface area contributed by atoms with Gasteiger partial charge in [0.2, 0.25) is 0 Å². The molecule has 7 heteroatoms. The second kappa shape index (κ2) is 8.47. The molecule has 0 bridgehead atoms. The van der Waals surface area contributed by atoms with Gasteiger partial charge < -0.3 is 9.69 Å². The van der Waals surface area contributed by atoms with Crippen molar-refractivity contribution in [3.8, 4) is 0 Å². The molecule has 166 valence electrons. The highest BCUT2D eigenvalue weighted by Gasteiger charge is 2.30. The van der Waals surface area contributed by atoms with E-state index in [-0.39, 0.29) is 23.4 Å². The largest absolute Gasteiger partial charge is 0.367 e. The summed E-state index contributed by atoms with van der Waals surface area (Å²) in [7, 11) is -1.37. The third kappa shape index (κ3) is 4.17. The SMILES string of the molecule is CCS(=O)(=O)Cc1ccc2c(c1)C1=CN(C)C(C=O)C=C1[C@H](C)N=C2c1ccc(F)cc1. The van der Waals surface area contributed by atoms with E-state index in [1.54, 1.807) is 19.1 Å². The number of likely N-dealkylation sites (N-methyl/N-ethyl adjacent to an activating group) is 1. The number of rotatable bonds is 5. The molecule has 0 amide bonds. The Kier molecular flexibility index (Phi) is 5.86. The lowest BCUT2D eigenvalue weighted by Crippen LogP contribution is -2.31. The summed E-state index contributed by atoms with van der Waals surface area (Å²) in [5.74, 6) is -0.305. The van der Waals surface area contributed by atoms with E-state index < -0.39 is 15.9 Å². The molecule has 2 aliphatic rings. The van der Waals surface area contributed by atoms with Gasteiger partial charge in [-0.05, 0) is 60.0 Å². The first-order chi connectivity index (χ1) is 15.2. The minimum absolute atomic E-state index is 0.0471. The third-order valence-corrected chi connectivity index (χ3v) is 7.60. The van der Waals surface area contributed by atoms with E-state index in [0.29, 0.717) is 11.3 Å². The van der Waals surface area contributed by atoms with Crippen LogP contribution in [0.3, 0.4) is 0 Å². The molecule has 0 aliphatic carbocycles. The molecule has 0 aromatic heterocycles. The molecule has 2 aliphatic heterocycles. The molecule has 1 unspecified atom stereocenters. The van der Waals surface area contributed by atoms with Gasteiger partial charge in [-0.3, -0.25) is 4.99 Å². The van der Waals surface area contributed by atoms with Crippen LogP contribution in [-0.4, -0.2) is 50.2 Å². The monoisotopic (exact) mass is 452 g/mol. The second-order valence-corrected chi connectivity index (χ2v) is 10.5. The number of hydrogen-bond donors (Lipinski definition) is 0. The normalized spacial score (nSPS) is 20.4. The van der Waals surface area contributed by atoms with Gasteiger partial charge in [0.1, 0.15) is 18.1 Å². The van der Waals surface area contributed by atoms with E-state index in [1.807, 2.05) is 49.3 Å². The first kappa shape index (κ1) is 22.1. The minimum atomic E-state index is -3.20. The van der Waals surface area contributed by atoms with Gasteiger partial charge in [0, 0.05) is 35.7 Å². The van der Waals surface area contributed by atoms with Crippen molar-refractivity contribution in [1.82, 2.24) is 4.90 Å². The highest BCUT2D eigenvalue weighted by molar-refractivity contribution is 7.90. The van der Waals surface area contributed by atoms with Gasteiger partial charge in [-0.1, -0.05) is 19.1 Å². The van der Waals surface area contributed by atoms with Crippen molar-refractivity contribution in [3.05, 3.63) is 88.4 Å². The predicted molar refractivity (Wildman–Crippen MR) is 125 cm³/mol. The molecule has 2 heterocycles. The Morgan fingerprint density at radius 1 is 1.12 bits per heavy atom. The number of nitrogens with zero attached hydrogens (tertiary/aromatic N) is 2. The number of hydrogen-bond acceptors (Lipinski definition) is 5. The van der Waals surface area contributed by atoms with Crippen LogP contribution in [0, 0.1) is 5.82 Å². The first-order valence-electron chi connectivity index (χ1n) is 10.5. The summed E-state index contributed by atoms with van der Waals surface area (Å²) in [5, 5.41) is 0. The second-order valence-electron chi connectivity index (χ2n) is 8.17. The van der Waals surface area contributed by atoms with Crippen LogP contribution in [0.4, 0.5) is 4.39 Å². The highest BCUT2D eigenvalue weighted by Crippen LogP contribution is 2.38. The van der Waals surface area contributed by atoms with Gasteiger partial charge in [0.15, 0.2) is 9.84 Å². The van der Waals surface area contributed by atoms with E-state index in [2.05, 4.69) is 0 Å². The Morgan fingerprint density at radius 2 is 1.84 bits per heavy atom. The number of fused-ring (bicyclic) bond motifs is 3. The van der Waals surface area contributed by atoms with Crippen LogP contribution in [0.1, 0.15) is 36.1 Å². The molecule has 0 N–H and O–H groups in total. The van der Waals surface area contributed by atoms with Crippen molar-refractivity contribution in [2.75, 3.05) is 12.8 Å². The number of carbonyl (C=O) groups excluding carboxylic acids is 1. The standard InChI is InChI=1S/C25H25FN2O3S/c1-4-32(30,31)15-17-5-10-21-23(11-17)24-13-28(3)20(14-29)12-22(24)16(2)27-25(21)18-6-8-19(26)9-7-18/h5-14,16,20H,4,15H2,1-3H3/t16-,20?/m0/s1. The number of halogens is 1. The lowest BCUT2D eigenvalue weighted by Gasteiger charge is -2.29. The van der Waals surface area contributed by atoms with Crippen molar-refractivity contribution in [2.24, 2.45) is 4.99 Å². The van der Waals surface area contributed by atoms with Gasteiger partial charge in [-0.15, -0.1) is 0 Å². The molecule has 0 radical (unpaired) electrons. The summed E-state index contributed by atoms with van der Waals surface area (Å²) >= 11 is 0. The molecule has 2 atom stereocenters. The van der Waals surface area contributed by atoms with Crippen LogP contribution in [0.5, 0.6) is 0 Å². The minimum Gasteiger partial charge on any atom is -0.367 e. The zero-order valence-electron chi connectivity index (χ0n) is 18.2. The summed E-state index contributed by atoms with van der Waals surface area (Å²) in [6.07, 6.45) is 4.71. The van der Waals surface area contributed by atoms with Gasteiger partial charge in [-0.25, -0.2) is 12.8 Å². The molecule has 2 aromatic rings. The van der Waals surface area contributed by atoms with Crippen LogP contribution in [0.25, 0.3) is 5.57 Å². The Bertz CT molecular complexity index is 1260. The van der Waals surface area contributed by atoms with Crippen molar-refractivity contribution in [3.63, 3.8) is 0 Å². The Morgan fingerprint density at radius 3 is 2.50 bits per heavy atom. The summed E-state index contributed by atoms with van der Waals surface area (Å²) in [6.45, 7) is 3.60. The fraction of sp³-hybridized carbons (Fsp3) is 0.280.